The quantitative estimate of drug-likeness (QED) is 0.295. The van der Waals surface area contributed by atoms with Crippen molar-refractivity contribution in [2.45, 2.75) is 30.7 Å². The molecule has 3 aromatic carbocycles. The summed E-state index contributed by atoms with van der Waals surface area (Å²) < 4.78 is 32.7. The molecule has 9 nitrogen and oxygen atoms in total. The van der Waals surface area contributed by atoms with E-state index in [1.54, 1.807) is 18.2 Å². The number of aromatic amines is 1. The number of para-hydroxylation sites is 2. The number of aromatic nitrogens is 2. The van der Waals surface area contributed by atoms with Gasteiger partial charge in [0.2, 0.25) is 15.9 Å². The Hall–Kier alpha value is -3.70. The second-order valence-electron chi connectivity index (χ2n) is 8.72. The molecule has 3 N–H and O–H groups in total. The van der Waals surface area contributed by atoms with E-state index in [4.69, 9.17) is 4.74 Å². The molecule has 1 aliphatic heterocycles. The topological polar surface area (TPSA) is 130 Å². The van der Waals surface area contributed by atoms with Crippen molar-refractivity contribution in [3.63, 3.8) is 0 Å². The second-order valence-corrected chi connectivity index (χ2v) is 11.4. The van der Waals surface area contributed by atoms with E-state index in [0.29, 0.717) is 22.3 Å². The fourth-order valence-electron chi connectivity index (χ4n) is 4.28. The minimum atomic E-state index is -3.77. The van der Waals surface area contributed by atoms with Crippen LogP contribution in [0.25, 0.3) is 11.0 Å². The van der Waals surface area contributed by atoms with Crippen LogP contribution in [-0.2, 0) is 32.6 Å². The van der Waals surface area contributed by atoms with Crippen LogP contribution < -0.4 is 10.0 Å². The van der Waals surface area contributed by atoms with Crippen molar-refractivity contribution >= 4 is 49.0 Å². The zero-order valence-electron chi connectivity index (χ0n) is 19.5. The van der Waals surface area contributed by atoms with E-state index in [2.05, 4.69) is 31.2 Å². The molecule has 0 spiro atoms. The summed E-state index contributed by atoms with van der Waals surface area (Å²) in [6.45, 7) is 0.127. The predicted octanol–water partition coefficient (Wildman–Crippen LogP) is 4.43. The first kappa shape index (κ1) is 25.0. The summed E-state index contributed by atoms with van der Waals surface area (Å²) in [6, 6.07) is 21.7. The molecule has 1 saturated heterocycles. The van der Waals surface area contributed by atoms with E-state index in [1.807, 2.05) is 59.3 Å². The minimum absolute atomic E-state index is 0.127. The molecule has 2 atom stereocenters. The Balaban J connectivity index is 1.38. The van der Waals surface area contributed by atoms with E-state index in [0.717, 1.165) is 22.2 Å². The average molecular weight is 583 g/mol. The van der Waals surface area contributed by atoms with Gasteiger partial charge in [-0.15, -0.1) is 0 Å². The van der Waals surface area contributed by atoms with Crippen LogP contribution in [0.5, 0.6) is 0 Å². The molecule has 2 heterocycles. The molecule has 0 radical (unpaired) electrons. The Labute approximate surface area is 221 Å². The summed E-state index contributed by atoms with van der Waals surface area (Å²) >= 11 is 3.47. The first-order valence-corrected chi connectivity index (χ1v) is 13.9. The van der Waals surface area contributed by atoms with Crippen molar-refractivity contribution in [1.29, 1.82) is 0 Å². The highest BCUT2D eigenvalue weighted by molar-refractivity contribution is 9.10. The molecular weight excluding hydrogens is 560 g/mol. The predicted molar refractivity (Wildman–Crippen MR) is 141 cm³/mol. The number of alkyl carbamates (subject to hydrolysis) is 1. The van der Waals surface area contributed by atoms with Gasteiger partial charge in [0.15, 0.2) is 0 Å². The Morgan fingerprint density at radius 3 is 2.54 bits per heavy atom. The lowest BCUT2D eigenvalue weighted by Gasteiger charge is -2.18. The largest absolute Gasteiger partial charge is 0.445 e. The summed E-state index contributed by atoms with van der Waals surface area (Å²) in [6.07, 6.45) is -0.364. The first-order valence-electron chi connectivity index (χ1n) is 11.5. The van der Waals surface area contributed by atoms with Gasteiger partial charge in [0.05, 0.1) is 23.5 Å². The lowest BCUT2D eigenvalue weighted by molar-refractivity contribution is -0.118. The van der Waals surface area contributed by atoms with Crippen molar-refractivity contribution in [2.24, 2.45) is 0 Å². The molecule has 190 valence electrons. The van der Waals surface area contributed by atoms with Gasteiger partial charge in [-0.25, -0.2) is 18.2 Å². The van der Waals surface area contributed by atoms with Gasteiger partial charge in [0.25, 0.3) is 0 Å². The number of imidazole rings is 1. The number of rotatable bonds is 7. The first-order chi connectivity index (χ1) is 17.8. The van der Waals surface area contributed by atoms with Gasteiger partial charge in [0, 0.05) is 10.9 Å². The molecule has 1 fully saturated rings. The van der Waals surface area contributed by atoms with Crippen LogP contribution in [0, 0.1) is 0 Å². The minimum Gasteiger partial charge on any atom is -0.445 e. The number of H-pyrrole nitrogens is 1. The fourth-order valence-corrected chi connectivity index (χ4v) is 6.59. The second kappa shape index (κ2) is 10.3. The summed E-state index contributed by atoms with van der Waals surface area (Å²) in [5, 5.41) is 1.94. The third-order valence-electron chi connectivity index (χ3n) is 6.10. The molecule has 0 bridgehead atoms. The number of ether oxygens (including phenoxy) is 1. The lowest BCUT2D eigenvalue weighted by atomic mass is 10.0. The Morgan fingerprint density at radius 1 is 1.08 bits per heavy atom. The molecule has 1 unspecified atom stereocenters. The van der Waals surface area contributed by atoms with Gasteiger partial charge in [-0.1, -0.05) is 70.5 Å². The van der Waals surface area contributed by atoms with Gasteiger partial charge < -0.3 is 15.0 Å². The van der Waals surface area contributed by atoms with E-state index in [1.165, 1.54) is 0 Å². The number of sulfonamides is 1. The third-order valence-corrected chi connectivity index (χ3v) is 8.46. The molecule has 1 aliphatic rings. The number of nitrogens with zero attached hydrogens (tertiary/aromatic N) is 1. The number of amides is 2. The zero-order valence-corrected chi connectivity index (χ0v) is 21.9. The molecule has 0 aliphatic carbocycles. The average Bonchev–Trinajstić information content (AvgIpc) is 3.42. The number of benzene rings is 3. The van der Waals surface area contributed by atoms with E-state index >= 15 is 0 Å². The van der Waals surface area contributed by atoms with Crippen molar-refractivity contribution in [1.82, 2.24) is 20.0 Å². The Morgan fingerprint density at radius 2 is 1.84 bits per heavy atom. The summed E-state index contributed by atoms with van der Waals surface area (Å²) in [5.41, 5.74) is 3.79. The summed E-state index contributed by atoms with van der Waals surface area (Å²) in [7, 11) is -3.77. The number of hydrogen-bond donors (Lipinski definition) is 3. The van der Waals surface area contributed by atoms with Gasteiger partial charge in [0.1, 0.15) is 17.7 Å². The van der Waals surface area contributed by atoms with Crippen LogP contribution in [0.1, 0.15) is 40.2 Å². The molecular formula is C26H23BrN4O5S. The molecule has 2 amide bonds. The van der Waals surface area contributed by atoms with E-state index < -0.39 is 33.3 Å². The van der Waals surface area contributed by atoms with Gasteiger partial charge in [-0.05, 0) is 34.9 Å². The van der Waals surface area contributed by atoms with Crippen LogP contribution in [0.2, 0.25) is 0 Å². The monoisotopic (exact) mass is 582 g/mol. The maximum absolute atomic E-state index is 12.7. The summed E-state index contributed by atoms with van der Waals surface area (Å²) in [5.74, 6) is 0.0374. The normalized spacial score (nSPS) is 17.3. The number of halogens is 1. The van der Waals surface area contributed by atoms with Crippen LogP contribution in [0.15, 0.2) is 77.3 Å². The lowest BCUT2D eigenvalue weighted by Crippen LogP contribution is -2.31. The van der Waals surface area contributed by atoms with Crippen molar-refractivity contribution in [3.05, 3.63) is 99.8 Å². The number of carbonyl (C=O) groups excluding carboxylic acids is 2. The highest BCUT2D eigenvalue weighted by Crippen LogP contribution is 2.35. The number of carbonyl (C=O) groups is 2. The van der Waals surface area contributed by atoms with Gasteiger partial charge in [-0.3, -0.25) is 9.52 Å². The number of fused-ring (bicyclic) bond motifs is 1. The maximum Gasteiger partial charge on any atom is 0.408 e. The molecule has 11 heteroatoms. The highest BCUT2D eigenvalue weighted by atomic mass is 79.9. The SMILES string of the molecule is O=C1CC(c2ccc(C[C@H](NC(=O)OCc3ccccc3)c3nc4ccccc4[nH]3)cc2Br)S(=O)(=O)N1. The van der Waals surface area contributed by atoms with Crippen LogP contribution in [0.4, 0.5) is 4.79 Å². The standard InChI is InChI=1S/C26H23BrN4O5S/c27-19-12-17(10-11-18(19)23-14-24(32)31-37(23,34)35)13-22(25-28-20-8-4-5-9-21(20)29-25)30-26(33)36-15-16-6-2-1-3-7-16/h1-12,22-23H,13-15H2,(H,28,29)(H,30,33)(H,31,32)/t22-,23?/m0/s1. The fraction of sp³-hybridized carbons (Fsp3) is 0.192. The van der Waals surface area contributed by atoms with E-state index in [-0.39, 0.29) is 13.0 Å². The maximum atomic E-state index is 12.7. The van der Waals surface area contributed by atoms with Crippen LogP contribution >= 0.6 is 15.9 Å². The van der Waals surface area contributed by atoms with Crippen molar-refractivity contribution < 1.29 is 22.7 Å². The summed E-state index contributed by atoms with van der Waals surface area (Å²) in [4.78, 5) is 32.3. The van der Waals surface area contributed by atoms with Gasteiger partial charge in [-0.2, -0.15) is 0 Å². The number of hydrogen-bond acceptors (Lipinski definition) is 6. The smallest absolute Gasteiger partial charge is 0.408 e. The van der Waals surface area contributed by atoms with Crippen LogP contribution in [0.3, 0.4) is 0 Å². The molecule has 37 heavy (non-hydrogen) atoms. The highest BCUT2D eigenvalue weighted by Gasteiger charge is 2.38. The molecule has 1 aromatic heterocycles. The Bertz CT molecular complexity index is 1540. The molecule has 5 rings (SSSR count). The third kappa shape index (κ3) is 5.67. The zero-order chi connectivity index (χ0) is 26.0. The molecule has 4 aromatic rings. The van der Waals surface area contributed by atoms with Crippen LogP contribution in [-0.4, -0.2) is 30.4 Å². The van der Waals surface area contributed by atoms with Crippen molar-refractivity contribution in [2.75, 3.05) is 0 Å². The van der Waals surface area contributed by atoms with Crippen molar-refractivity contribution in [3.8, 4) is 0 Å². The van der Waals surface area contributed by atoms with E-state index in [9.17, 15) is 18.0 Å². The molecule has 0 saturated carbocycles. The van der Waals surface area contributed by atoms with Gasteiger partial charge >= 0.3 is 6.09 Å². The number of nitrogens with one attached hydrogen (secondary N) is 3. The Kier molecular flexibility index (Phi) is 6.98.